The number of nitrogens with zero attached hydrogens (tertiary/aromatic N) is 1. The molecule has 1 aliphatic heterocycles. The topological polar surface area (TPSA) is 50.8 Å². The molecule has 2 aliphatic rings. The highest BCUT2D eigenvalue weighted by Crippen LogP contribution is 2.41. The van der Waals surface area contributed by atoms with Crippen molar-refractivity contribution >= 4 is 5.97 Å². The summed E-state index contributed by atoms with van der Waals surface area (Å²) in [5.74, 6) is 0.286. The first-order valence-corrected chi connectivity index (χ1v) is 8.22. The summed E-state index contributed by atoms with van der Waals surface area (Å²) in [7, 11) is 1.50. The van der Waals surface area contributed by atoms with Gasteiger partial charge in [-0.3, -0.25) is 10.2 Å². The Balaban J connectivity index is 2.12. The molecule has 1 saturated carbocycles. The Kier molecular flexibility index (Phi) is 5.63. The maximum absolute atomic E-state index is 12.5. The largest absolute Gasteiger partial charge is 0.468 e. The number of carbonyl (C=O) groups excluding carboxylic acids is 1. The highest BCUT2D eigenvalue weighted by molar-refractivity contribution is 5.82. The summed E-state index contributed by atoms with van der Waals surface area (Å²) in [6.07, 6.45) is 3.52. The monoisotopic (exact) mass is 298 g/mol. The van der Waals surface area contributed by atoms with Crippen LogP contribution >= 0.6 is 0 Å². The van der Waals surface area contributed by atoms with Crippen molar-refractivity contribution in [1.82, 2.24) is 10.2 Å². The van der Waals surface area contributed by atoms with E-state index in [0.29, 0.717) is 5.92 Å². The zero-order valence-electron chi connectivity index (χ0n) is 13.9. The van der Waals surface area contributed by atoms with E-state index in [1.54, 1.807) is 0 Å². The fourth-order valence-electron chi connectivity index (χ4n) is 3.38. The SMILES string of the molecule is CCC1CN(CC(NC(C)C)(C(=O)OC)C2CC2)CCO1. The van der Waals surface area contributed by atoms with Gasteiger partial charge in [0.05, 0.1) is 19.8 Å². The number of hydrogen-bond donors (Lipinski definition) is 1. The molecule has 1 saturated heterocycles. The summed E-state index contributed by atoms with van der Waals surface area (Å²) in [6.45, 7) is 9.60. The minimum atomic E-state index is -0.557. The number of carbonyl (C=O) groups is 1. The van der Waals surface area contributed by atoms with Crippen LogP contribution in [0.5, 0.6) is 0 Å². The van der Waals surface area contributed by atoms with E-state index in [0.717, 1.165) is 45.5 Å². The van der Waals surface area contributed by atoms with Crippen molar-refractivity contribution in [2.75, 3.05) is 33.4 Å². The molecule has 0 aromatic heterocycles. The number of hydrogen-bond acceptors (Lipinski definition) is 5. The van der Waals surface area contributed by atoms with E-state index in [2.05, 4.69) is 31.0 Å². The number of ether oxygens (including phenoxy) is 2. The Morgan fingerprint density at radius 2 is 2.19 bits per heavy atom. The van der Waals surface area contributed by atoms with Crippen molar-refractivity contribution in [3.63, 3.8) is 0 Å². The molecule has 5 heteroatoms. The molecule has 2 fully saturated rings. The molecular weight excluding hydrogens is 268 g/mol. The van der Waals surface area contributed by atoms with Crippen LogP contribution in [0.4, 0.5) is 0 Å². The van der Waals surface area contributed by atoms with Gasteiger partial charge in [-0.2, -0.15) is 0 Å². The van der Waals surface area contributed by atoms with Gasteiger partial charge in [-0.1, -0.05) is 6.92 Å². The quantitative estimate of drug-likeness (QED) is 0.720. The van der Waals surface area contributed by atoms with Crippen molar-refractivity contribution < 1.29 is 14.3 Å². The molecule has 5 nitrogen and oxygen atoms in total. The molecule has 0 spiro atoms. The molecular formula is C16H30N2O3. The summed E-state index contributed by atoms with van der Waals surface area (Å²) in [5.41, 5.74) is -0.557. The van der Waals surface area contributed by atoms with Gasteiger partial charge in [0, 0.05) is 25.7 Å². The van der Waals surface area contributed by atoms with Crippen molar-refractivity contribution in [3.05, 3.63) is 0 Å². The van der Waals surface area contributed by atoms with Crippen LogP contribution in [0, 0.1) is 5.92 Å². The normalized spacial score (nSPS) is 26.6. The van der Waals surface area contributed by atoms with E-state index in [1.807, 2.05) is 0 Å². The summed E-state index contributed by atoms with van der Waals surface area (Å²) >= 11 is 0. The summed E-state index contributed by atoms with van der Waals surface area (Å²) in [4.78, 5) is 14.9. The van der Waals surface area contributed by atoms with Crippen LogP contribution in [0.3, 0.4) is 0 Å². The highest BCUT2D eigenvalue weighted by atomic mass is 16.5. The second kappa shape index (κ2) is 7.07. The molecule has 0 bridgehead atoms. The molecule has 0 amide bonds. The Labute approximate surface area is 128 Å². The maximum atomic E-state index is 12.5. The number of nitrogens with one attached hydrogen (secondary N) is 1. The van der Waals surface area contributed by atoms with Crippen LogP contribution in [0.1, 0.15) is 40.0 Å². The molecule has 0 aromatic rings. The fourth-order valence-corrected chi connectivity index (χ4v) is 3.38. The van der Waals surface area contributed by atoms with Gasteiger partial charge in [0.1, 0.15) is 5.54 Å². The van der Waals surface area contributed by atoms with Gasteiger partial charge in [0.15, 0.2) is 0 Å². The summed E-state index contributed by atoms with van der Waals surface area (Å²) in [6, 6.07) is 0.257. The molecule has 1 N–H and O–H groups in total. The molecule has 2 atom stereocenters. The summed E-state index contributed by atoms with van der Waals surface area (Å²) in [5, 5.41) is 3.53. The van der Waals surface area contributed by atoms with E-state index < -0.39 is 5.54 Å². The first-order valence-electron chi connectivity index (χ1n) is 8.22. The van der Waals surface area contributed by atoms with Gasteiger partial charge < -0.3 is 9.47 Å². The molecule has 0 radical (unpaired) electrons. The molecule has 2 unspecified atom stereocenters. The standard InChI is InChI=1S/C16H30N2O3/c1-5-14-10-18(8-9-21-14)11-16(13-6-7-13,15(19)20-4)17-12(2)3/h12-14,17H,5-11H2,1-4H3. The minimum Gasteiger partial charge on any atom is -0.468 e. The lowest BCUT2D eigenvalue weighted by Gasteiger charge is -2.41. The highest BCUT2D eigenvalue weighted by Gasteiger charge is 2.53. The Morgan fingerprint density at radius 3 is 2.71 bits per heavy atom. The van der Waals surface area contributed by atoms with Gasteiger partial charge in [0.2, 0.25) is 0 Å². The van der Waals surface area contributed by atoms with E-state index in [1.165, 1.54) is 7.11 Å². The van der Waals surface area contributed by atoms with Crippen LogP contribution in [0.25, 0.3) is 0 Å². The smallest absolute Gasteiger partial charge is 0.327 e. The number of esters is 1. The molecule has 122 valence electrons. The third-order valence-corrected chi connectivity index (χ3v) is 4.52. The lowest BCUT2D eigenvalue weighted by Crippen LogP contribution is -2.64. The average molecular weight is 298 g/mol. The molecule has 2 rings (SSSR count). The number of rotatable bonds is 7. The second-order valence-corrected chi connectivity index (χ2v) is 6.67. The third-order valence-electron chi connectivity index (χ3n) is 4.52. The average Bonchev–Trinajstić information content (AvgIpc) is 3.30. The van der Waals surface area contributed by atoms with Gasteiger partial charge in [-0.05, 0) is 39.0 Å². The zero-order chi connectivity index (χ0) is 15.5. The summed E-state index contributed by atoms with van der Waals surface area (Å²) < 4.78 is 10.9. The van der Waals surface area contributed by atoms with Crippen LogP contribution in [0.2, 0.25) is 0 Å². The minimum absolute atomic E-state index is 0.113. The van der Waals surface area contributed by atoms with Crippen molar-refractivity contribution in [2.45, 2.75) is 57.7 Å². The lowest BCUT2D eigenvalue weighted by atomic mass is 9.90. The van der Waals surface area contributed by atoms with E-state index in [9.17, 15) is 4.79 Å². The molecule has 21 heavy (non-hydrogen) atoms. The number of methoxy groups -OCH3 is 1. The zero-order valence-corrected chi connectivity index (χ0v) is 13.9. The first kappa shape index (κ1) is 16.7. The van der Waals surface area contributed by atoms with Gasteiger partial charge in [-0.15, -0.1) is 0 Å². The van der Waals surface area contributed by atoms with Crippen LogP contribution in [-0.4, -0.2) is 61.9 Å². The van der Waals surface area contributed by atoms with Crippen LogP contribution < -0.4 is 5.32 Å². The van der Waals surface area contributed by atoms with E-state index >= 15 is 0 Å². The predicted octanol–water partition coefficient (Wildman–Crippen LogP) is 1.42. The van der Waals surface area contributed by atoms with Crippen molar-refractivity contribution in [2.24, 2.45) is 5.92 Å². The Morgan fingerprint density at radius 1 is 1.48 bits per heavy atom. The van der Waals surface area contributed by atoms with Crippen LogP contribution in [0.15, 0.2) is 0 Å². The van der Waals surface area contributed by atoms with Gasteiger partial charge in [-0.25, -0.2) is 4.79 Å². The van der Waals surface area contributed by atoms with Crippen molar-refractivity contribution in [1.29, 1.82) is 0 Å². The lowest BCUT2D eigenvalue weighted by molar-refractivity contribution is -0.152. The van der Waals surface area contributed by atoms with E-state index in [4.69, 9.17) is 9.47 Å². The van der Waals surface area contributed by atoms with Gasteiger partial charge >= 0.3 is 5.97 Å². The van der Waals surface area contributed by atoms with E-state index in [-0.39, 0.29) is 18.1 Å². The predicted molar refractivity (Wildman–Crippen MR) is 82.2 cm³/mol. The molecule has 1 aliphatic carbocycles. The van der Waals surface area contributed by atoms with Crippen molar-refractivity contribution in [3.8, 4) is 0 Å². The first-order chi connectivity index (χ1) is 10.0. The fraction of sp³-hybridized carbons (Fsp3) is 0.938. The maximum Gasteiger partial charge on any atom is 0.327 e. The molecule has 1 heterocycles. The third kappa shape index (κ3) is 3.96. The molecule has 0 aromatic carbocycles. The van der Waals surface area contributed by atoms with Crippen LogP contribution in [-0.2, 0) is 14.3 Å². The van der Waals surface area contributed by atoms with Gasteiger partial charge in [0.25, 0.3) is 0 Å². The Bertz CT molecular complexity index is 357. The Hall–Kier alpha value is -0.650. The second-order valence-electron chi connectivity index (χ2n) is 6.67. The number of morpholine rings is 1.